The van der Waals surface area contributed by atoms with Gasteiger partial charge in [0.25, 0.3) is 0 Å². The van der Waals surface area contributed by atoms with Crippen LogP contribution < -0.4 is 5.32 Å². The van der Waals surface area contributed by atoms with Crippen LogP contribution in [0.25, 0.3) is 0 Å². The highest BCUT2D eigenvalue weighted by Gasteiger charge is 2.18. The molecule has 1 aliphatic heterocycles. The highest BCUT2D eigenvalue weighted by atomic mass is 16.5. The van der Waals surface area contributed by atoms with Gasteiger partial charge in [0.15, 0.2) is 0 Å². The predicted octanol–water partition coefficient (Wildman–Crippen LogP) is 0.0525. The molecule has 1 heterocycles. The summed E-state index contributed by atoms with van der Waals surface area (Å²) in [5, 5.41) is 11.6. The van der Waals surface area contributed by atoms with Gasteiger partial charge < -0.3 is 15.2 Å². The number of aliphatic hydroxyl groups is 1. The number of aliphatic hydroxyl groups excluding tert-OH is 1. The second kappa shape index (κ2) is 5.19. The molecule has 13 heavy (non-hydrogen) atoms. The Balaban J connectivity index is 2.09. The number of ether oxygens (including phenoxy) is 1. The van der Waals surface area contributed by atoms with Crippen molar-refractivity contribution >= 4 is 5.91 Å². The van der Waals surface area contributed by atoms with E-state index in [-0.39, 0.29) is 12.0 Å². The molecule has 4 heteroatoms. The first kappa shape index (κ1) is 10.5. The first-order chi connectivity index (χ1) is 6.18. The smallest absolute Gasteiger partial charge is 0.222 e. The summed E-state index contributed by atoms with van der Waals surface area (Å²) in [4.78, 5) is 11.2. The number of hydrogen-bond donors (Lipinski definition) is 2. The second-order valence-electron chi connectivity index (χ2n) is 3.49. The molecular formula is C9H17NO3. The van der Waals surface area contributed by atoms with Gasteiger partial charge in [0.2, 0.25) is 5.91 Å². The van der Waals surface area contributed by atoms with Gasteiger partial charge in [-0.1, -0.05) is 0 Å². The van der Waals surface area contributed by atoms with E-state index in [9.17, 15) is 4.79 Å². The van der Waals surface area contributed by atoms with E-state index in [0.29, 0.717) is 13.0 Å². The lowest BCUT2D eigenvalue weighted by Crippen LogP contribution is -2.32. The van der Waals surface area contributed by atoms with Crippen molar-refractivity contribution in [1.29, 1.82) is 0 Å². The van der Waals surface area contributed by atoms with Gasteiger partial charge in [-0.2, -0.15) is 0 Å². The van der Waals surface area contributed by atoms with Crippen LogP contribution >= 0.6 is 0 Å². The molecule has 0 aromatic carbocycles. The van der Waals surface area contributed by atoms with Gasteiger partial charge in [-0.3, -0.25) is 4.79 Å². The largest absolute Gasteiger partial charge is 0.392 e. The maximum Gasteiger partial charge on any atom is 0.222 e. The van der Waals surface area contributed by atoms with Gasteiger partial charge in [-0.25, -0.2) is 0 Å². The fourth-order valence-electron chi connectivity index (χ4n) is 1.35. The minimum Gasteiger partial charge on any atom is -0.392 e. The molecule has 0 aromatic rings. The Morgan fingerprint density at radius 2 is 2.54 bits per heavy atom. The van der Waals surface area contributed by atoms with Crippen molar-refractivity contribution in [2.24, 2.45) is 0 Å². The van der Waals surface area contributed by atoms with Crippen LogP contribution in [-0.2, 0) is 9.53 Å². The van der Waals surface area contributed by atoms with Crippen molar-refractivity contribution in [3.63, 3.8) is 0 Å². The van der Waals surface area contributed by atoms with E-state index in [1.807, 2.05) is 0 Å². The molecule has 0 bridgehead atoms. The predicted molar refractivity (Wildman–Crippen MR) is 48.3 cm³/mol. The summed E-state index contributed by atoms with van der Waals surface area (Å²) >= 11 is 0. The van der Waals surface area contributed by atoms with Crippen LogP contribution in [-0.4, -0.2) is 36.4 Å². The zero-order valence-electron chi connectivity index (χ0n) is 7.95. The fourth-order valence-corrected chi connectivity index (χ4v) is 1.35. The first-order valence-electron chi connectivity index (χ1n) is 4.75. The summed E-state index contributed by atoms with van der Waals surface area (Å²) < 4.78 is 5.31. The van der Waals surface area contributed by atoms with Crippen LogP contribution in [0.4, 0.5) is 0 Å². The summed E-state index contributed by atoms with van der Waals surface area (Å²) in [6, 6.07) is 0. The molecule has 2 atom stereocenters. The van der Waals surface area contributed by atoms with Crippen LogP contribution in [0.3, 0.4) is 0 Å². The monoisotopic (exact) mass is 187 g/mol. The Bertz CT molecular complexity index is 164. The zero-order chi connectivity index (χ0) is 9.68. The van der Waals surface area contributed by atoms with Gasteiger partial charge in [0.05, 0.1) is 18.6 Å². The third-order valence-electron chi connectivity index (χ3n) is 2.03. The van der Waals surface area contributed by atoms with Gasteiger partial charge >= 0.3 is 0 Å². The first-order valence-corrected chi connectivity index (χ1v) is 4.75. The van der Waals surface area contributed by atoms with Crippen molar-refractivity contribution in [3.05, 3.63) is 0 Å². The lowest BCUT2D eigenvalue weighted by Gasteiger charge is -2.10. The van der Waals surface area contributed by atoms with E-state index in [1.54, 1.807) is 6.92 Å². The molecule has 1 amide bonds. The molecule has 4 nitrogen and oxygen atoms in total. The summed E-state index contributed by atoms with van der Waals surface area (Å²) in [6.45, 7) is 2.74. The lowest BCUT2D eigenvalue weighted by molar-refractivity contribution is -0.123. The third kappa shape index (κ3) is 4.24. The number of hydrogen-bond acceptors (Lipinski definition) is 3. The molecule has 76 valence electrons. The lowest BCUT2D eigenvalue weighted by atomic mass is 10.2. The van der Waals surface area contributed by atoms with E-state index in [1.165, 1.54) is 0 Å². The minimum absolute atomic E-state index is 0.0344. The highest BCUT2D eigenvalue weighted by Crippen LogP contribution is 2.14. The molecule has 2 N–H and O–H groups in total. The fraction of sp³-hybridized carbons (Fsp3) is 0.889. The molecule has 0 aliphatic carbocycles. The van der Waals surface area contributed by atoms with Crippen LogP contribution in [0.2, 0.25) is 0 Å². The number of rotatable bonds is 4. The van der Waals surface area contributed by atoms with Gasteiger partial charge in [-0.05, 0) is 19.8 Å². The number of amides is 1. The molecule has 0 spiro atoms. The van der Waals surface area contributed by atoms with E-state index in [0.717, 1.165) is 19.4 Å². The normalized spacial score (nSPS) is 24.3. The van der Waals surface area contributed by atoms with Crippen LogP contribution in [0, 0.1) is 0 Å². The SMILES string of the molecule is CC(O)CNC(=O)CC1CCCO1. The third-order valence-corrected chi connectivity index (χ3v) is 2.03. The Morgan fingerprint density at radius 1 is 1.77 bits per heavy atom. The molecule has 1 rings (SSSR count). The van der Waals surface area contributed by atoms with Crippen molar-refractivity contribution in [2.75, 3.05) is 13.2 Å². The maximum atomic E-state index is 11.2. The molecule has 0 saturated carbocycles. The molecule has 1 fully saturated rings. The van der Waals surface area contributed by atoms with Crippen molar-refractivity contribution in [3.8, 4) is 0 Å². The topological polar surface area (TPSA) is 58.6 Å². The summed E-state index contributed by atoms with van der Waals surface area (Å²) in [5.41, 5.74) is 0. The average Bonchev–Trinajstić information content (AvgIpc) is 2.53. The summed E-state index contributed by atoms with van der Waals surface area (Å²) in [7, 11) is 0. The van der Waals surface area contributed by atoms with E-state index < -0.39 is 6.10 Å². The molecule has 2 unspecified atom stereocenters. The Kier molecular flexibility index (Phi) is 4.18. The molecular weight excluding hydrogens is 170 g/mol. The maximum absolute atomic E-state index is 11.2. The minimum atomic E-state index is -0.478. The van der Waals surface area contributed by atoms with Crippen LogP contribution in [0.1, 0.15) is 26.2 Å². The van der Waals surface area contributed by atoms with Crippen LogP contribution in [0.15, 0.2) is 0 Å². The van der Waals surface area contributed by atoms with Crippen LogP contribution in [0.5, 0.6) is 0 Å². The standard InChI is InChI=1S/C9H17NO3/c1-7(11)6-10-9(12)5-8-3-2-4-13-8/h7-8,11H,2-6H2,1H3,(H,10,12). The van der Waals surface area contributed by atoms with Gasteiger partial charge in [-0.15, -0.1) is 0 Å². The molecule has 0 aromatic heterocycles. The van der Waals surface area contributed by atoms with Gasteiger partial charge in [0, 0.05) is 13.2 Å². The van der Waals surface area contributed by atoms with E-state index in [2.05, 4.69) is 5.32 Å². The quantitative estimate of drug-likeness (QED) is 0.654. The molecule has 1 saturated heterocycles. The van der Waals surface area contributed by atoms with Crippen molar-refractivity contribution in [1.82, 2.24) is 5.32 Å². The summed E-state index contributed by atoms with van der Waals surface area (Å²) in [6.07, 6.45) is 2.06. The Hall–Kier alpha value is -0.610. The van der Waals surface area contributed by atoms with Crippen molar-refractivity contribution in [2.45, 2.75) is 38.4 Å². The average molecular weight is 187 g/mol. The highest BCUT2D eigenvalue weighted by molar-refractivity contribution is 5.76. The van der Waals surface area contributed by atoms with Crippen molar-refractivity contribution < 1.29 is 14.6 Å². The number of carbonyl (C=O) groups is 1. The number of carbonyl (C=O) groups excluding carboxylic acids is 1. The zero-order valence-corrected chi connectivity index (χ0v) is 7.95. The Morgan fingerprint density at radius 3 is 3.08 bits per heavy atom. The second-order valence-corrected chi connectivity index (χ2v) is 3.49. The number of nitrogens with one attached hydrogen (secondary N) is 1. The molecule has 1 aliphatic rings. The van der Waals surface area contributed by atoms with Gasteiger partial charge in [0.1, 0.15) is 0 Å². The Labute approximate surface area is 78.3 Å². The molecule has 0 radical (unpaired) electrons. The van der Waals surface area contributed by atoms with E-state index >= 15 is 0 Å². The summed E-state index contributed by atoms with van der Waals surface area (Å²) in [5.74, 6) is -0.0344. The van der Waals surface area contributed by atoms with E-state index in [4.69, 9.17) is 9.84 Å².